The molecular formula is C16H25ClN2O. The number of aromatic nitrogens is 1. The number of halogens is 1. The molecule has 0 unspecified atom stereocenters. The van der Waals surface area contributed by atoms with Crippen LogP contribution in [0.1, 0.15) is 64.0 Å². The normalized spacial score (nSPS) is 12.3. The van der Waals surface area contributed by atoms with Crippen molar-refractivity contribution < 1.29 is 4.79 Å². The molecule has 1 aromatic heterocycles. The number of hydrogen-bond acceptors (Lipinski definition) is 2. The summed E-state index contributed by atoms with van der Waals surface area (Å²) in [5.74, 6) is -0.0935. The van der Waals surface area contributed by atoms with Gasteiger partial charge in [-0.05, 0) is 24.0 Å². The smallest absolute Gasteiger partial charge is 0.251 e. The van der Waals surface area contributed by atoms with Crippen molar-refractivity contribution in [3.63, 3.8) is 0 Å². The third-order valence-electron chi connectivity index (χ3n) is 2.99. The average molecular weight is 297 g/mol. The summed E-state index contributed by atoms with van der Waals surface area (Å²) in [6.07, 6.45) is 0.934. The first-order valence-electron chi connectivity index (χ1n) is 6.95. The number of amides is 1. The number of hydrogen-bond donors (Lipinski definition) is 1. The van der Waals surface area contributed by atoms with Crippen LogP contribution in [0.4, 0.5) is 0 Å². The molecule has 4 heteroatoms. The monoisotopic (exact) mass is 296 g/mol. The van der Waals surface area contributed by atoms with E-state index in [-0.39, 0.29) is 16.7 Å². The van der Waals surface area contributed by atoms with Gasteiger partial charge in [-0.15, -0.1) is 0 Å². The van der Waals surface area contributed by atoms with E-state index in [0.29, 0.717) is 17.3 Å². The zero-order valence-corrected chi connectivity index (χ0v) is 14.1. The Bertz CT molecular complexity index is 484. The van der Waals surface area contributed by atoms with Crippen LogP contribution < -0.4 is 5.32 Å². The minimum Gasteiger partial charge on any atom is -0.352 e. The lowest BCUT2D eigenvalue weighted by atomic mass is 9.90. The molecule has 1 heterocycles. The standard InChI is InChI=1S/C16H25ClN2O/c1-15(2,3)7-8-18-14(20)11-9-12(16(4,5)6)19-13(17)10-11/h9-10H,7-8H2,1-6H3,(H,18,20). The van der Waals surface area contributed by atoms with Gasteiger partial charge in [-0.1, -0.05) is 53.1 Å². The van der Waals surface area contributed by atoms with Crippen molar-refractivity contribution in [1.29, 1.82) is 0 Å². The Kier molecular flexibility index (Phi) is 5.20. The maximum Gasteiger partial charge on any atom is 0.251 e. The van der Waals surface area contributed by atoms with Gasteiger partial charge in [-0.2, -0.15) is 0 Å². The lowest BCUT2D eigenvalue weighted by Crippen LogP contribution is -2.28. The molecule has 0 aliphatic rings. The van der Waals surface area contributed by atoms with Gasteiger partial charge in [0, 0.05) is 23.2 Å². The van der Waals surface area contributed by atoms with Gasteiger partial charge in [0.1, 0.15) is 5.15 Å². The van der Waals surface area contributed by atoms with E-state index in [1.807, 2.05) is 26.8 Å². The first-order chi connectivity index (χ1) is 8.99. The number of carbonyl (C=O) groups excluding carboxylic acids is 1. The van der Waals surface area contributed by atoms with Crippen molar-refractivity contribution in [3.8, 4) is 0 Å². The van der Waals surface area contributed by atoms with Crippen molar-refractivity contribution in [2.45, 2.75) is 53.4 Å². The lowest BCUT2D eigenvalue weighted by Gasteiger charge is -2.20. The lowest BCUT2D eigenvalue weighted by molar-refractivity contribution is 0.0949. The molecule has 0 saturated heterocycles. The fourth-order valence-corrected chi connectivity index (χ4v) is 1.87. The van der Waals surface area contributed by atoms with Crippen molar-refractivity contribution >= 4 is 17.5 Å². The Hall–Kier alpha value is -1.09. The van der Waals surface area contributed by atoms with Gasteiger partial charge in [0.15, 0.2) is 0 Å². The second-order valence-corrected chi connectivity index (χ2v) is 7.77. The first-order valence-corrected chi connectivity index (χ1v) is 7.33. The van der Waals surface area contributed by atoms with Gasteiger partial charge in [-0.3, -0.25) is 4.79 Å². The Balaban J connectivity index is 2.81. The Morgan fingerprint density at radius 3 is 2.30 bits per heavy atom. The Morgan fingerprint density at radius 1 is 1.20 bits per heavy atom. The topological polar surface area (TPSA) is 42.0 Å². The summed E-state index contributed by atoms with van der Waals surface area (Å²) in [6, 6.07) is 3.43. The highest BCUT2D eigenvalue weighted by atomic mass is 35.5. The summed E-state index contributed by atoms with van der Waals surface area (Å²) in [7, 11) is 0. The van der Waals surface area contributed by atoms with E-state index in [2.05, 4.69) is 31.1 Å². The minimum absolute atomic E-state index is 0.0935. The molecule has 0 fully saturated rings. The minimum atomic E-state index is -0.134. The number of nitrogens with zero attached hydrogens (tertiary/aromatic N) is 1. The molecule has 3 nitrogen and oxygen atoms in total. The summed E-state index contributed by atoms with van der Waals surface area (Å²) >= 11 is 6.02. The molecule has 0 atom stereocenters. The highest BCUT2D eigenvalue weighted by Gasteiger charge is 2.19. The van der Waals surface area contributed by atoms with E-state index in [4.69, 9.17) is 11.6 Å². The van der Waals surface area contributed by atoms with Gasteiger partial charge < -0.3 is 5.32 Å². The molecule has 112 valence electrons. The van der Waals surface area contributed by atoms with E-state index in [9.17, 15) is 4.79 Å². The van der Waals surface area contributed by atoms with E-state index >= 15 is 0 Å². The van der Waals surface area contributed by atoms with Crippen LogP contribution in [-0.4, -0.2) is 17.4 Å². The molecule has 0 spiro atoms. The Labute approximate surface area is 127 Å². The van der Waals surface area contributed by atoms with Crippen molar-refractivity contribution in [3.05, 3.63) is 28.5 Å². The largest absolute Gasteiger partial charge is 0.352 e. The number of pyridine rings is 1. The SMILES string of the molecule is CC(C)(C)CCNC(=O)c1cc(Cl)nc(C(C)(C)C)c1. The second kappa shape index (κ2) is 6.13. The number of carbonyl (C=O) groups is 1. The molecule has 0 aliphatic carbocycles. The predicted molar refractivity (Wildman–Crippen MR) is 84.4 cm³/mol. The fourth-order valence-electron chi connectivity index (χ4n) is 1.67. The van der Waals surface area contributed by atoms with E-state index in [1.165, 1.54) is 0 Å². The van der Waals surface area contributed by atoms with Crippen LogP contribution in [0.5, 0.6) is 0 Å². The quantitative estimate of drug-likeness (QED) is 0.850. The van der Waals surface area contributed by atoms with Gasteiger partial charge in [-0.25, -0.2) is 4.98 Å². The van der Waals surface area contributed by atoms with Crippen LogP contribution in [-0.2, 0) is 5.41 Å². The summed E-state index contributed by atoms with van der Waals surface area (Å²) in [6.45, 7) is 13.3. The molecule has 1 amide bonds. The molecule has 1 rings (SSSR count). The molecule has 0 aliphatic heterocycles. The molecule has 1 N–H and O–H groups in total. The molecule has 0 saturated carbocycles. The third-order valence-corrected chi connectivity index (χ3v) is 3.18. The summed E-state index contributed by atoms with van der Waals surface area (Å²) < 4.78 is 0. The van der Waals surface area contributed by atoms with Crippen LogP contribution >= 0.6 is 11.6 Å². The van der Waals surface area contributed by atoms with Crippen molar-refractivity contribution in [2.75, 3.05) is 6.54 Å². The predicted octanol–water partition coefficient (Wildman–Crippen LogP) is 4.20. The molecule has 0 aromatic carbocycles. The number of rotatable bonds is 3. The summed E-state index contributed by atoms with van der Waals surface area (Å²) in [5, 5.41) is 3.30. The van der Waals surface area contributed by atoms with Gasteiger partial charge in [0.25, 0.3) is 5.91 Å². The van der Waals surface area contributed by atoms with Crippen LogP contribution in [0.2, 0.25) is 5.15 Å². The fraction of sp³-hybridized carbons (Fsp3) is 0.625. The van der Waals surface area contributed by atoms with Crippen LogP contribution in [0.25, 0.3) is 0 Å². The third kappa shape index (κ3) is 5.49. The molecule has 1 aromatic rings. The highest BCUT2D eigenvalue weighted by molar-refractivity contribution is 6.29. The maximum absolute atomic E-state index is 12.2. The van der Waals surface area contributed by atoms with Gasteiger partial charge in [0.05, 0.1) is 0 Å². The molecule has 0 bridgehead atoms. The maximum atomic E-state index is 12.2. The molecule has 20 heavy (non-hydrogen) atoms. The first kappa shape index (κ1) is 17.0. The van der Waals surface area contributed by atoms with E-state index in [0.717, 1.165) is 12.1 Å². The van der Waals surface area contributed by atoms with Crippen LogP contribution in [0.15, 0.2) is 12.1 Å². The van der Waals surface area contributed by atoms with Crippen LogP contribution in [0.3, 0.4) is 0 Å². The zero-order valence-electron chi connectivity index (χ0n) is 13.3. The van der Waals surface area contributed by atoms with Crippen molar-refractivity contribution in [1.82, 2.24) is 10.3 Å². The number of nitrogens with one attached hydrogen (secondary N) is 1. The molecule has 0 radical (unpaired) electrons. The average Bonchev–Trinajstić information content (AvgIpc) is 2.25. The van der Waals surface area contributed by atoms with E-state index in [1.54, 1.807) is 6.07 Å². The summed E-state index contributed by atoms with van der Waals surface area (Å²) in [5.41, 5.74) is 1.47. The van der Waals surface area contributed by atoms with Crippen LogP contribution in [0, 0.1) is 5.41 Å². The zero-order chi connectivity index (χ0) is 15.6. The highest BCUT2D eigenvalue weighted by Crippen LogP contribution is 2.23. The van der Waals surface area contributed by atoms with Gasteiger partial charge >= 0.3 is 0 Å². The second-order valence-electron chi connectivity index (χ2n) is 7.38. The van der Waals surface area contributed by atoms with Gasteiger partial charge in [0.2, 0.25) is 0 Å². The Morgan fingerprint density at radius 2 is 1.80 bits per heavy atom. The molecular weight excluding hydrogens is 272 g/mol. The van der Waals surface area contributed by atoms with Crippen molar-refractivity contribution in [2.24, 2.45) is 5.41 Å². The summed E-state index contributed by atoms with van der Waals surface area (Å²) in [4.78, 5) is 16.5. The van der Waals surface area contributed by atoms with E-state index < -0.39 is 0 Å².